The number of rotatable bonds is 5. The van der Waals surface area contributed by atoms with E-state index in [1.54, 1.807) is 30.3 Å². The number of sulfone groups is 1. The van der Waals surface area contributed by atoms with E-state index in [1.807, 2.05) is 0 Å². The Hall–Kier alpha value is -3.00. The van der Waals surface area contributed by atoms with E-state index in [-0.39, 0.29) is 11.3 Å². The van der Waals surface area contributed by atoms with Crippen LogP contribution in [0.2, 0.25) is 0 Å². The number of esters is 1. The predicted octanol–water partition coefficient (Wildman–Crippen LogP) is 2.33. The maximum atomic E-state index is 12.9. The third kappa shape index (κ3) is 4.59. The van der Waals surface area contributed by atoms with Crippen LogP contribution in [0.3, 0.4) is 0 Å². The van der Waals surface area contributed by atoms with Crippen molar-refractivity contribution in [3.05, 3.63) is 77.5 Å². The van der Waals surface area contributed by atoms with Gasteiger partial charge in [0, 0.05) is 11.1 Å². The summed E-state index contributed by atoms with van der Waals surface area (Å²) in [6.07, 6.45) is 1.43. The molecule has 0 radical (unpaired) electrons. The summed E-state index contributed by atoms with van der Waals surface area (Å²) in [5.74, 6) is -2.07. The van der Waals surface area contributed by atoms with Gasteiger partial charge in [0.1, 0.15) is 5.82 Å². The highest BCUT2D eigenvalue weighted by atomic mass is 32.2. The van der Waals surface area contributed by atoms with Gasteiger partial charge in [0.2, 0.25) is 0 Å². The number of nitrogens with zero attached hydrogens (tertiary/aromatic N) is 1. The van der Waals surface area contributed by atoms with Crippen LogP contribution in [-0.4, -0.2) is 38.7 Å². The third-order valence-electron chi connectivity index (χ3n) is 3.95. The molecule has 1 aliphatic heterocycles. The van der Waals surface area contributed by atoms with E-state index in [0.29, 0.717) is 5.69 Å². The molecule has 0 bridgehead atoms. The van der Waals surface area contributed by atoms with Gasteiger partial charge in [0.25, 0.3) is 5.91 Å². The van der Waals surface area contributed by atoms with Gasteiger partial charge in [-0.25, -0.2) is 17.6 Å². The monoisotopic (exact) mass is 389 g/mol. The first-order valence-electron chi connectivity index (χ1n) is 8.06. The second-order valence-electron chi connectivity index (χ2n) is 5.91. The molecular weight excluding hydrogens is 373 g/mol. The number of para-hydroxylation sites is 1. The first-order valence-corrected chi connectivity index (χ1v) is 9.78. The molecular formula is C19H16FNO5S. The third-order valence-corrected chi connectivity index (χ3v) is 5.33. The zero-order valence-electron chi connectivity index (χ0n) is 14.1. The van der Waals surface area contributed by atoms with Crippen LogP contribution in [0.1, 0.15) is 10.4 Å². The van der Waals surface area contributed by atoms with E-state index in [2.05, 4.69) is 0 Å². The summed E-state index contributed by atoms with van der Waals surface area (Å²) >= 11 is 0. The molecule has 0 saturated heterocycles. The van der Waals surface area contributed by atoms with Crippen molar-refractivity contribution >= 4 is 27.4 Å². The lowest BCUT2D eigenvalue weighted by Crippen LogP contribution is -2.43. The van der Waals surface area contributed by atoms with Crippen LogP contribution in [0, 0.1) is 5.82 Å². The Balaban J connectivity index is 1.74. The van der Waals surface area contributed by atoms with Crippen molar-refractivity contribution < 1.29 is 27.1 Å². The molecule has 0 fully saturated rings. The Bertz CT molecular complexity index is 971. The number of halogens is 1. The van der Waals surface area contributed by atoms with Crippen LogP contribution in [0.4, 0.5) is 10.1 Å². The van der Waals surface area contributed by atoms with Gasteiger partial charge in [-0.1, -0.05) is 18.2 Å². The number of ether oxygens (including phenoxy) is 1. The van der Waals surface area contributed by atoms with Crippen molar-refractivity contribution in [3.8, 4) is 0 Å². The minimum absolute atomic E-state index is 0.110. The summed E-state index contributed by atoms with van der Waals surface area (Å²) in [4.78, 5) is 26.0. The topological polar surface area (TPSA) is 80.8 Å². The molecule has 8 heteroatoms. The molecule has 1 amide bonds. The van der Waals surface area contributed by atoms with Crippen LogP contribution in [0.5, 0.6) is 0 Å². The van der Waals surface area contributed by atoms with Gasteiger partial charge < -0.3 is 9.64 Å². The van der Waals surface area contributed by atoms with E-state index in [0.717, 1.165) is 17.5 Å². The smallest absolute Gasteiger partial charge is 0.338 e. The SMILES string of the molecule is O=C(OCC(=O)N(c1ccccc1)C1C=CS(=O)(=O)C1)c1ccc(F)cc1. The second-order valence-corrected chi connectivity index (χ2v) is 7.84. The molecule has 1 aliphatic rings. The van der Waals surface area contributed by atoms with E-state index in [4.69, 9.17) is 4.74 Å². The summed E-state index contributed by atoms with van der Waals surface area (Å²) in [6, 6.07) is 12.6. The van der Waals surface area contributed by atoms with Crippen LogP contribution in [-0.2, 0) is 19.4 Å². The Labute approximate surface area is 155 Å². The number of hydrogen-bond donors (Lipinski definition) is 0. The average molecular weight is 389 g/mol. The maximum Gasteiger partial charge on any atom is 0.338 e. The molecule has 1 unspecified atom stereocenters. The number of carbonyl (C=O) groups is 2. The molecule has 0 N–H and O–H groups in total. The molecule has 0 aliphatic carbocycles. The average Bonchev–Trinajstić information content (AvgIpc) is 3.00. The summed E-state index contributed by atoms with van der Waals surface area (Å²) < 4.78 is 41.4. The first kappa shape index (κ1) is 18.8. The van der Waals surface area contributed by atoms with E-state index >= 15 is 0 Å². The molecule has 2 aromatic rings. The normalized spacial score (nSPS) is 17.4. The molecule has 1 heterocycles. The summed E-state index contributed by atoms with van der Waals surface area (Å²) in [5.41, 5.74) is 0.603. The van der Waals surface area contributed by atoms with Crippen LogP contribution in [0.15, 0.2) is 66.1 Å². The predicted molar refractivity (Wildman–Crippen MR) is 97.3 cm³/mol. The van der Waals surface area contributed by atoms with E-state index in [9.17, 15) is 22.4 Å². The fourth-order valence-electron chi connectivity index (χ4n) is 2.70. The van der Waals surface area contributed by atoms with Crippen molar-refractivity contribution in [2.75, 3.05) is 17.3 Å². The molecule has 1 atom stereocenters. The Kier molecular flexibility index (Phi) is 5.36. The molecule has 3 rings (SSSR count). The highest BCUT2D eigenvalue weighted by Crippen LogP contribution is 2.23. The van der Waals surface area contributed by atoms with Gasteiger partial charge in [0.05, 0.1) is 17.4 Å². The molecule has 0 saturated carbocycles. The first-order chi connectivity index (χ1) is 12.9. The zero-order chi connectivity index (χ0) is 19.4. The lowest BCUT2D eigenvalue weighted by molar-refractivity contribution is -0.121. The lowest BCUT2D eigenvalue weighted by Gasteiger charge is -2.27. The molecule has 27 heavy (non-hydrogen) atoms. The van der Waals surface area contributed by atoms with Crippen LogP contribution < -0.4 is 4.90 Å². The Morgan fingerprint density at radius 1 is 1.07 bits per heavy atom. The highest BCUT2D eigenvalue weighted by molar-refractivity contribution is 7.94. The zero-order valence-corrected chi connectivity index (χ0v) is 14.9. The van der Waals surface area contributed by atoms with Gasteiger partial charge in [-0.15, -0.1) is 0 Å². The Morgan fingerprint density at radius 3 is 2.33 bits per heavy atom. The van der Waals surface area contributed by atoms with Crippen LogP contribution in [0.25, 0.3) is 0 Å². The Morgan fingerprint density at radius 2 is 1.74 bits per heavy atom. The molecule has 140 valence electrons. The fraction of sp³-hybridized carbons (Fsp3) is 0.158. The molecule has 0 spiro atoms. The van der Waals surface area contributed by atoms with E-state index < -0.39 is 40.2 Å². The summed E-state index contributed by atoms with van der Waals surface area (Å²) in [6.45, 7) is -0.574. The second kappa shape index (κ2) is 7.71. The van der Waals surface area contributed by atoms with Crippen LogP contribution >= 0.6 is 0 Å². The summed E-state index contributed by atoms with van der Waals surface area (Å²) in [7, 11) is -3.38. The molecule has 6 nitrogen and oxygen atoms in total. The minimum atomic E-state index is -3.38. The summed E-state index contributed by atoms with van der Waals surface area (Å²) in [5, 5.41) is 1.07. The maximum absolute atomic E-state index is 12.9. The minimum Gasteiger partial charge on any atom is -0.452 e. The number of anilines is 1. The van der Waals surface area contributed by atoms with Gasteiger partial charge in [-0.3, -0.25) is 4.79 Å². The number of benzene rings is 2. The van der Waals surface area contributed by atoms with Gasteiger partial charge in [0.15, 0.2) is 16.4 Å². The standard InChI is InChI=1S/C19H16FNO5S/c20-15-8-6-14(7-9-15)19(23)26-12-18(22)21(16-4-2-1-3-5-16)17-10-11-27(24,25)13-17/h1-11,17H,12-13H2. The quantitative estimate of drug-likeness (QED) is 0.733. The number of amides is 1. The van der Waals surface area contributed by atoms with Crippen molar-refractivity contribution in [1.29, 1.82) is 0 Å². The highest BCUT2D eigenvalue weighted by Gasteiger charge is 2.31. The van der Waals surface area contributed by atoms with Crippen molar-refractivity contribution in [1.82, 2.24) is 0 Å². The van der Waals surface area contributed by atoms with Crippen molar-refractivity contribution in [2.24, 2.45) is 0 Å². The van der Waals surface area contributed by atoms with Crippen molar-refractivity contribution in [2.45, 2.75) is 6.04 Å². The number of carbonyl (C=O) groups excluding carboxylic acids is 2. The van der Waals surface area contributed by atoms with Gasteiger partial charge >= 0.3 is 5.97 Å². The lowest BCUT2D eigenvalue weighted by atomic mass is 10.2. The largest absolute Gasteiger partial charge is 0.452 e. The fourth-order valence-corrected chi connectivity index (χ4v) is 3.96. The van der Waals surface area contributed by atoms with E-state index in [1.165, 1.54) is 23.1 Å². The number of hydrogen-bond acceptors (Lipinski definition) is 5. The molecule has 0 aromatic heterocycles. The van der Waals surface area contributed by atoms with Gasteiger partial charge in [-0.05, 0) is 42.5 Å². The van der Waals surface area contributed by atoms with Crippen molar-refractivity contribution in [3.63, 3.8) is 0 Å². The van der Waals surface area contributed by atoms with Gasteiger partial charge in [-0.2, -0.15) is 0 Å². The molecule has 2 aromatic carbocycles.